The molecule has 1 aliphatic rings. The highest BCUT2D eigenvalue weighted by atomic mass is 16.3. The maximum atomic E-state index is 11.9. The number of hydrogen-bond acceptors (Lipinski definition) is 4. The van der Waals surface area contributed by atoms with Gasteiger partial charge in [-0.15, -0.1) is 0 Å². The summed E-state index contributed by atoms with van der Waals surface area (Å²) in [5, 5.41) is 21.1. The van der Waals surface area contributed by atoms with Gasteiger partial charge in [-0.2, -0.15) is 5.26 Å². The highest BCUT2D eigenvalue weighted by molar-refractivity contribution is 5.87. The number of hydrogen-bond donors (Lipinski definition) is 2. The van der Waals surface area contributed by atoms with E-state index in [1.807, 2.05) is 30.9 Å². The number of nitriles is 1. The molecule has 1 unspecified atom stereocenters. The van der Waals surface area contributed by atoms with E-state index in [1.54, 1.807) is 12.1 Å². The summed E-state index contributed by atoms with van der Waals surface area (Å²) < 4.78 is 0. The summed E-state index contributed by atoms with van der Waals surface area (Å²) in [7, 11) is 0. The van der Waals surface area contributed by atoms with Gasteiger partial charge in [0.15, 0.2) is 0 Å². The number of nitrogens with zero attached hydrogens (tertiary/aromatic N) is 2. The first-order valence-electron chi connectivity index (χ1n) is 6.17. The summed E-state index contributed by atoms with van der Waals surface area (Å²) in [6, 6.07) is 8.51. The molecule has 2 N–H and O–H groups in total. The van der Waals surface area contributed by atoms with Gasteiger partial charge in [0.1, 0.15) is 6.04 Å². The fraction of sp³-hybridized carbons (Fsp3) is 0.429. The molecule has 0 spiro atoms. The molecule has 1 heterocycles. The van der Waals surface area contributed by atoms with Crippen LogP contribution >= 0.6 is 0 Å². The Hall–Kier alpha value is -2.06. The maximum absolute atomic E-state index is 11.9. The third-order valence-electron chi connectivity index (χ3n) is 3.41. The number of rotatable bonds is 2. The monoisotopic (exact) mass is 259 g/mol. The van der Waals surface area contributed by atoms with Crippen molar-refractivity contribution in [3.8, 4) is 6.07 Å². The number of anilines is 1. The Labute approximate surface area is 112 Å². The van der Waals surface area contributed by atoms with Gasteiger partial charge in [0.25, 0.3) is 0 Å². The lowest BCUT2D eigenvalue weighted by molar-refractivity contribution is -0.125. The van der Waals surface area contributed by atoms with Crippen LogP contribution in [0.1, 0.15) is 19.4 Å². The van der Waals surface area contributed by atoms with Gasteiger partial charge in [-0.25, -0.2) is 0 Å². The molecular formula is C14H17N3O2. The normalized spacial score (nSPS) is 21.7. The Morgan fingerprint density at radius 3 is 2.63 bits per heavy atom. The number of benzene rings is 1. The SMILES string of the molecule is CC1(C)CNC(=O)C(CO)N1c1ccc(C#N)cc1. The van der Waals surface area contributed by atoms with Gasteiger partial charge >= 0.3 is 0 Å². The molecule has 5 nitrogen and oxygen atoms in total. The largest absolute Gasteiger partial charge is 0.394 e. The zero-order chi connectivity index (χ0) is 14.0. The minimum absolute atomic E-state index is 0.175. The number of carbonyl (C=O) groups excluding carboxylic acids is 1. The van der Waals surface area contributed by atoms with Gasteiger partial charge in [0.2, 0.25) is 5.91 Å². The molecule has 5 heteroatoms. The van der Waals surface area contributed by atoms with Crippen LogP contribution < -0.4 is 10.2 Å². The Kier molecular flexibility index (Phi) is 3.45. The van der Waals surface area contributed by atoms with Crippen molar-refractivity contribution in [3.05, 3.63) is 29.8 Å². The van der Waals surface area contributed by atoms with Gasteiger partial charge in [-0.3, -0.25) is 4.79 Å². The fourth-order valence-electron chi connectivity index (χ4n) is 2.44. The van der Waals surface area contributed by atoms with E-state index >= 15 is 0 Å². The molecule has 1 aromatic rings. The number of aliphatic hydroxyl groups excluding tert-OH is 1. The van der Waals surface area contributed by atoms with Gasteiger partial charge in [0, 0.05) is 12.2 Å². The molecule has 1 fully saturated rings. The van der Waals surface area contributed by atoms with E-state index in [2.05, 4.69) is 11.4 Å². The van der Waals surface area contributed by atoms with Crippen molar-refractivity contribution in [2.45, 2.75) is 25.4 Å². The second-order valence-electron chi connectivity index (χ2n) is 5.26. The van der Waals surface area contributed by atoms with Gasteiger partial charge in [-0.1, -0.05) is 0 Å². The number of piperazine rings is 1. The Balaban J connectivity index is 2.41. The molecule has 0 saturated carbocycles. The standard InChI is InChI=1S/C14H17N3O2/c1-14(2)9-16-13(19)12(8-18)17(14)11-5-3-10(7-15)4-6-11/h3-6,12,18H,8-9H2,1-2H3,(H,16,19). The third-order valence-corrected chi connectivity index (χ3v) is 3.41. The minimum Gasteiger partial charge on any atom is -0.394 e. The Morgan fingerprint density at radius 1 is 1.47 bits per heavy atom. The summed E-state index contributed by atoms with van der Waals surface area (Å²) in [5.74, 6) is -0.175. The molecule has 2 rings (SSSR count). The molecule has 1 aromatic carbocycles. The smallest absolute Gasteiger partial charge is 0.245 e. The number of amides is 1. The molecule has 1 atom stereocenters. The predicted molar refractivity (Wildman–Crippen MR) is 71.6 cm³/mol. The topological polar surface area (TPSA) is 76.4 Å². The lowest BCUT2D eigenvalue weighted by Gasteiger charge is -2.48. The number of aliphatic hydroxyl groups is 1. The second-order valence-corrected chi connectivity index (χ2v) is 5.26. The number of carbonyl (C=O) groups is 1. The average molecular weight is 259 g/mol. The molecule has 1 amide bonds. The lowest BCUT2D eigenvalue weighted by Crippen LogP contribution is -2.67. The van der Waals surface area contributed by atoms with Crippen molar-refractivity contribution in [2.75, 3.05) is 18.1 Å². The molecule has 1 aliphatic heterocycles. The summed E-state index contributed by atoms with van der Waals surface area (Å²) in [6.45, 7) is 4.29. The van der Waals surface area contributed by atoms with Crippen LogP contribution in [0.15, 0.2) is 24.3 Å². The van der Waals surface area contributed by atoms with E-state index in [1.165, 1.54) is 0 Å². The highest BCUT2D eigenvalue weighted by Crippen LogP contribution is 2.29. The van der Waals surface area contributed by atoms with Crippen molar-refractivity contribution in [3.63, 3.8) is 0 Å². The van der Waals surface area contributed by atoms with E-state index in [0.29, 0.717) is 12.1 Å². The summed E-state index contributed by atoms with van der Waals surface area (Å²) >= 11 is 0. The zero-order valence-corrected chi connectivity index (χ0v) is 11.1. The molecule has 100 valence electrons. The average Bonchev–Trinajstić information content (AvgIpc) is 2.41. The van der Waals surface area contributed by atoms with Crippen LogP contribution in [-0.2, 0) is 4.79 Å². The molecule has 0 aliphatic carbocycles. The second kappa shape index (κ2) is 4.90. The number of nitrogens with one attached hydrogen (secondary N) is 1. The van der Waals surface area contributed by atoms with Gasteiger partial charge in [0.05, 0.1) is 23.8 Å². The third kappa shape index (κ3) is 2.40. The van der Waals surface area contributed by atoms with Gasteiger partial charge in [-0.05, 0) is 38.1 Å². The molecule has 0 aromatic heterocycles. The van der Waals surface area contributed by atoms with Crippen LogP contribution in [0.4, 0.5) is 5.69 Å². The zero-order valence-electron chi connectivity index (χ0n) is 11.1. The Morgan fingerprint density at radius 2 is 2.11 bits per heavy atom. The summed E-state index contributed by atoms with van der Waals surface area (Å²) in [5.41, 5.74) is 1.11. The van der Waals surface area contributed by atoms with Gasteiger partial charge < -0.3 is 15.3 Å². The first kappa shape index (κ1) is 13.4. The molecule has 0 radical (unpaired) electrons. The van der Waals surface area contributed by atoms with Crippen molar-refractivity contribution >= 4 is 11.6 Å². The molecular weight excluding hydrogens is 242 g/mol. The lowest BCUT2D eigenvalue weighted by atomic mass is 9.94. The van der Waals surface area contributed by atoms with Crippen LogP contribution in [0.5, 0.6) is 0 Å². The summed E-state index contributed by atoms with van der Waals surface area (Å²) in [6.07, 6.45) is 0. The molecule has 1 saturated heterocycles. The van der Waals surface area contributed by atoms with E-state index in [0.717, 1.165) is 5.69 Å². The van der Waals surface area contributed by atoms with E-state index < -0.39 is 6.04 Å². The predicted octanol–water partition coefficient (Wildman–Crippen LogP) is 0.634. The molecule has 19 heavy (non-hydrogen) atoms. The van der Waals surface area contributed by atoms with Crippen LogP contribution in [0.25, 0.3) is 0 Å². The van der Waals surface area contributed by atoms with E-state index in [9.17, 15) is 9.90 Å². The first-order valence-corrected chi connectivity index (χ1v) is 6.17. The van der Waals surface area contributed by atoms with Crippen molar-refractivity contribution in [1.82, 2.24) is 5.32 Å². The minimum atomic E-state index is -0.600. The van der Waals surface area contributed by atoms with E-state index in [4.69, 9.17) is 5.26 Å². The van der Waals surface area contributed by atoms with Crippen LogP contribution in [-0.4, -0.2) is 35.7 Å². The van der Waals surface area contributed by atoms with Crippen LogP contribution in [0.3, 0.4) is 0 Å². The highest BCUT2D eigenvalue weighted by Gasteiger charge is 2.40. The van der Waals surface area contributed by atoms with Crippen LogP contribution in [0, 0.1) is 11.3 Å². The van der Waals surface area contributed by atoms with Crippen molar-refractivity contribution in [1.29, 1.82) is 5.26 Å². The van der Waals surface area contributed by atoms with Crippen molar-refractivity contribution < 1.29 is 9.90 Å². The maximum Gasteiger partial charge on any atom is 0.245 e. The summed E-state index contributed by atoms with van der Waals surface area (Å²) in [4.78, 5) is 13.8. The van der Waals surface area contributed by atoms with E-state index in [-0.39, 0.29) is 18.1 Å². The fourth-order valence-corrected chi connectivity index (χ4v) is 2.44. The Bertz CT molecular complexity index is 516. The van der Waals surface area contributed by atoms with Crippen molar-refractivity contribution in [2.24, 2.45) is 0 Å². The molecule has 0 bridgehead atoms. The van der Waals surface area contributed by atoms with Crippen LogP contribution in [0.2, 0.25) is 0 Å². The quantitative estimate of drug-likeness (QED) is 0.817. The first-order chi connectivity index (χ1) is 8.99.